The zero-order chi connectivity index (χ0) is 25.7. The zero-order valence-electron chi connectivity index (χ0n) is 23.9. The Kier molecular flexibility index (Phi) is 5.78. The molecule has 0 radical (unpaired) electrons. The first kappa shape index (κ1) is 25.8. The molecular formula is C32H52O3. The van der Waals surface area contributed by atoms with Gasteiger partial charge in [0.15, 0.2) is 0 Å². The molecule has 1 unspecified atom stereocenters. The van der Waals surface area contributed by atoms with Gasteiger partial charge in [0, 0.05) is 0 Å². The maximum Gasteiger partial charge on any atom is 0.311 e. The zero-order valence-corrected chi connectivity index (χ0v) is 23.9. The average molecular weight is 485 g/mol. The number of aliphatic hydroxyl groups is 1. The van der Waals surface area contributed by atoms with Gasteiger partial charge in [0.25, 0.3) is 0 Å². The quantitative estimate of drug-likeness (QED) is 0.322. The Morgan fingerprint density at radius 3 is 2.31 bits per heavy atom. The number of carbonyl (C=O) groups is 1. The summed E-state index contributed by atoms with van der Waals surface area (Å²) in [6.07, 6.45) is 13.9. The van der Waals surface area contributed by atoms with Crippen molar-refractivity contribution in [2.24, 2.45) is 50.2 Å². The van der Waals surface area contributed by atoms with E-state index in [0.29, 0.717) is 29.8 Å². The summed E-state index contributed by atoms with van der Waals surface area (Å²) < 4.78 is 5.59. The van der Waals surface area contributed by atoms with Gasteiger partial charge in [-0.15, -0.1) is 0 Å². The molecule has 4 fully saturated rings. The summed E-state index contributed by atoms with van der Waals surface area (Å²) in [6, 6.07) is 0. The second-order valence-corrected chi connectivity index (χ2v) is 15.4. The maximum atomic E-state index is 13.1. The lowest BCUT2D eigenvalue weighted by atomic mass is 9.33. The standard InChI is InChI=1S/C32H52O3/c1-9-35-26(34)29(5)17-16-28(4)18-19-31(7)21(22(28)20-29)10-11-24-30(6)14-13-25(33)27(2,3)23(30)12-15-32(24,31)8/h10,22-25,33H,9,11-20H2,1-8H3/t22-,23-,24?,25-,28+,29-,30-,31+,32+/m0/s1. The molecule has 0 amide bonds. The predicted octanol–water partition coefficient (Wildman–Crippen LogP) is 7.71. The van der Waals surface area contributed by atoms with Crippen LogP contribution in [0, 0.1) is 50.2 Å². The van der Waals surface area contributed by atoms with Crippen molar-refractivity contribution in [3.63, 3.8) is 0 Å². The van der Waals surface area contributed by atoms with E-state index >= 15 is 0 Å². The van der Waals surface area contributed by atoms with E-state index in [-0.39, 0.29) is 39.1 Å². The molecule has 5 rings (SSSR count). The number of rotatable bonds is 2. The Labute approximate surface area is 214 Å². The molecule has 0 aromatic heterocycles. The van der Waals surface area contributed by atoms with Crippen molar-refractivity contribution in [3.05, 3.63) is 11.6 Å². The molecule has 0 bridgehead atoms. The lowest BCUT2D eigenvalue weighted by Gasteiger charge is -2.71. The van der Waals surface area contributed by atoms with Crippen molar-refractivity contribution >= 4 is 5.97 Å². The van der Waals surface area contributed by atoms with E-state index in [9.17, 15) is 9.90 Å². The molecule has 0 aromatic rings. The van der Waals surface area contributed by atoms with Gasteiger partial charge in [0.05, 0.1) is 18.1 Å². The van der Waals surface area contributed by atoms with Crippen LogP contribution >= 0.6 is 0 Å². The van der Waals surface area contributed by atoms with Crippen molar-refractivity contribution in [2.45, 2.75) is 126 Å². The number of allylic oxidation sites excluding steroid dienone is 2. The van der Waals surface area contributed by atoms with Crippen LogP contribution in [-0.2, 0) is 9.53 Å². The van der Waals surface area contributed by atoms with Crippen LogP contribution in [0.15, 0.2) is 11.6 Å². The first-order valence-corrected chi connectivity index (χ1v) is 14.7. The van der Waals surface area contributed by atoms with Crippen LogP contribution in [-0.4, -0.2) is 23.8 Å². The summed E-state index contributed by atoms with van der Waals surface area (Å²) >= 11 is 0. The van der Waals surface area contributed by atoms with E-state index < -0.39 is 0 Å². The van der Waals surface area contributed by atoms with Crippen molar-refractivity contribution in [3.8, 4) is 0 Å². The summed E-state index contributed by atoms with van der Waals surface area (Å²) in [5.41, 5.74) is 2.39. The van der Waals surface area contributed by atoms with Crippen LogP contribution in [0.3, 0.4) is 0 Å². The van der Waals surface area contributed by atoms with Crippen LogP contribution < -0.4 is 0 Å². The minimum absolute atomic E-state index is 0.00478. The highest BCUT2D eigenvalue weighted by molar-refractivity contribution is 5.76. The largest absolute Gasteiger partial charge is 0.466 e. The molecule has 0 aromatic carbocycles. The van der Waals surface area contributed by atoms with E-state index in [1.54, 1.807) is 5.57 Å². The number of esters is 1. The van der Waals surface area contributed by atoms with Gasteiger partial charge < -0.3 is 9.84 Å². The number of fused-ring (bicyclic) bond motifs is 7. The monoisotopic (exact) mass is 484 g/mol. The number of hydrogen-bond donors (Lipinski definition) is 1. The fourth-order valence-electron chi connectivity index (χ4n) is 10.8. The van der Waals surface area contributed by atoms with Crippen LogP contribution in [0.25, 0.3) is 0 Å². The van der Waals surface area contributed by atoms with Gasteiger partial charge >= 0.3 is 5.97 Å². The van der Waals surface area contributed by atoms with Crippen molar-refractivity contribution in [1.29, 1.82) is 0 Å². The van der Waals surface area contributed by atoms with Crippen LogP contribution in [0.1, 0.15) is 120 Å². The number of aliphatic hydroxyl groups excluding tert-OH is 1. The Morgan fingerprint density at radius 2 is 1.63 bits per heavy atom. The molecule has 9 atom stereocenters. The normalized spacial score (nSPS) is 52.8. The highest BCUT2D eigenvalue weighted by Gasteiger charge is 2.68. The molecule has 0 heterocycles. The van der Waals surface area contributed by atoms with Crippen molar-refractivity contribution in [1.82, 2.24) is 0 Å². The second-order valence-electron chi connectivity index (χ2n) is 15.4. The minimum Gasteiger partial charge on any atom is -0.466 e. The smallest absolute Gasteiger partial charge is 0.311 e. The van der Waals surface area contributed by atoms with Crippen LogP contribution in [0.4, 0.5) is 0 Å². The number of carbonyl (C=O) groups excluding carboxylic acids is 1. The Hall–Kier alpha value is -0.830. The molecule has 0 saturated heterocycles. The fourth-order valence-corrected chi connectivity index (χ4v) is 10.8. The third-order valence-corrected chi connectivity index (χ3v) is 13.6. The minimum atomic E-state index is -0.357. The van der Waals surface area contributed by atoms with E-state index in [2.05, 4.69) is 54.5 Å². The van der Waals surface area contributed by atoms with Crippen molar-refractivity contribution < 1.29 is 14.6 Å². The second kappa shape index (κ2) is 7.84. The molecule has 0 aliphatic heterocycles. The summed E-state index contributed by atoms with van der Waals surface area (Å²) in [4.78, 5) is 13.1. The lowest BCUT2D eigenvalue weighted by Crippen LogP contribution is -2.64. The molecule has 5 aliphatic carbocycles. The first-order chi connectivity index (χ1) is 16.2. The molecule has 198 valence electrons. The maximum absolute atomic E-state index is 13.1. The Balaban J connectivity index is 1.54. The first-order valence-electron chi connectivity index (χ1n) is 14.7. The summed E-state index contributed by atoms with van der Waals surface area (Å²) in [5.74, 6) is 1.76. The van der Waals surface area contributed by atoms with Gasteiger partial charge in [-0.05, 0) is 123 Å². The average Bonchev–Trinajstić information content (AvgIpc) is 2.78. The van der Waals surface area contributed by atoms with Gasteiger partial charge in [-0.2, -0.15) is 0 Å². The third-order valence-electron chi connectivity index (χ3n) is 13.6. The Bertz CT molecular complexity index is 920. The number of hydrogen-bond acceptors (Lipinski definition) is 3. The Morgan fingerprint density at radius 1 is 0.943 bits per heavy atom. The highest BCUT2D eigenvalue weighted by Crippen LogP contribution is 2.75. The van der Waals surface area contributed by atoms with Gasteiger partial charge in [0.1, 0.15) is 0 Å². The van der Waals surface area contributed by atoms with E-state index in [4.69, 9.17) is 4.74 Å². The van der Waals surface area contributed by atoms with E-state index in [1.807, 2.05) is 6.92 Å². The molecule has 0 spiro atoms. The van der Waals surface area contributed by atoms with E-state index in [1.165, 1.54) is 32.1 Å². The third kappa shape index (κ3) is 3.28. The summed E-state index contributed by atoms with van der Waals surface area (Å²) in [5, 5.41) is 10.9. The molecular weight excluding hydrogens is 432 g/mol. The molecule has 4 saturated carbocycles. The highest BCUT2D eigenvalue weighted by atomic mass is 16.5. The fraction of sp³-hybridized carbons (Fsp3) is 0.906. The van der Waals surface area contributed by atoms with Gasteiger partial charge in [0.2, 0.25) is 0 Å². The molecule has 35 heavy (non-hydrogen) atoms. The molecule has 1 N–H and O–H groups in total. The predicted molar refractivity (Wildman–Crippen MR) is 142 cm³/mol. The summed E-state index contributed by atoms with van der Waals surface area (Å²) in [6.45, 7) is 19.6. The molecule has 3 nitrogen and oxygen atoms in total. The lowest BCUT2D eigenvalue weighted by molar-refractivity contribution is -0.203. The topological polar surface area (TPSA) is 46.5 Å². The van der Waals surface area contributed by atoms with E-state index in [0.717, 1.165) is 32.1 Å². The molecule has 3 heteroatoms. The summed E-state index contributed by atoms with van der Waals surface area (Å²) in [7, 11) is 0. The van der Waals surface area contributed by atoms with Gasteiger partial charge in [-0.1, -0.05) is 53.2 Å². The van der Waals surface area contributed by atoms with Crippen LogP contribution in [0.5, 0.6) is 0 Å². The SMILES string of the molecule is CCOC(=O)[C@@]1(C)CC[C@]2(C)CC[C@]3(C)C(=CCC4[C@@]5(C)CC[C@H](O)C(C)(C)[C@@H]5CC[C@]43C)[C@@H]2C1. The van der Waals surface area contributed by atoms with Gasteiger partial charge in [-0.25, -0.2) is 0 Å². The molecule has 5 aliphatic rings. The van der Waals surface area contributed by atoms with Crippen molar-refractivity contribution in [2.75, 3.05) is 6.61 Å². The van der Waals surface area contributed by atoms with Gasteiger partial charge in [-0.3, -0.25) is 4.79 Å². The number of ether oxygens (including phenoxy) is 1. The van der Waals surface area contributed by atoms with Crippen LogP contribution in [0.2, 0.25) is 0 Å².